The maximum absolute atomic E-state index is 11.0. The van der Waals surface area contributed by atoms with Gasteiger partial charge in [0.25, 0.3) is 0 Å². The molecular formula is C8H13NO2. The molecular weight excluding hydrogens is 142 g/mol. The van der Waals surface area contributed by atoms with Crippen molar-refractivity contribution in [1.29, 1.82) is 0 Å². The normalized spacial score (nSPS) is 17.2. The van der Waals surface area contributed by atoms with Crippen molar-refractivity contribution >= 4 is 6.09 Å². The van der Waals surface area contributed by atoms with Gasteiger partial charge in [0.1, 0.15) is 6.61 Å². The van der Waals surface area contributed by atoms with Crippen LogP contribution in [0.25, 0.3) is 0 Å². The van der Waals surface area contributed by atoms with Crippen molar-refractivity contribution in [2.75, 3.05) is 13.2 Å². The summed E-state index contributed by atoms with van der Waals surface area (Å²) in [7, 11) is 0. The van der Waals surface area contributed by atoms with Gasteiger partial charge in [-0.1, -0.05) is 5.57 Å². The Bertz CT molecular complexity index is 204. The van der Waals surface area contributed by atoms with Crippen molar-refractivity contribution in [1.82, 2.24) is 4.90 Å². The number of carbonyl (C=O) groups excluding carboxylic acids is 1. The van der Waals surface area contributed by atoms with Crippen LogP contribution in [0.15, 0.2) is 11.3 Å². The summed E-state index contributed by atoms with van der Waals surface area (Å²) in [6.07, 6.45) is -0.219. The Morgan fingerprint density at radius 1 is 1.64 bits per heavy atom. The van der Waals surface area contributed by atoms with Crippen LogP contribution in [0.4, 0.5) is 4.79 Å². The second kappa shape index (κ2) is 2.95. The first-order valence-electron chi connectivity index (χ1n) is 3.77. The molecule has 0 aromatic carbocycles. The summed E-state index contributed by atoms with van der Waals surface area (Å²) in [5, 5.41) is 0. The zero-order valence-corrected chi connectivity index (χ0v) is 7.18. The molecule has 11 heavy (non-hydrogen) atoms. The molecule has 3 heteroatoms. The number of cyclic esters (lactones) is 1. The Hall–Kier alpha value is -0.990. The van der Waals surface area contributed by atoms with Crippen LogP contribution in [0.3, 0.4) is 0 Å². The second-order valence-corrected chi connectivity index (χ2v) is 2.75. The predicted molar refractivity (Wildman–Crippen MR) is 42.1 cm³/mol. The van der Waals surface area contributed by atoms with Crippen LogP contribution in [0, 0.1) is 0 Å². The van der Waals surface area contributed by atoms with Crippen LogP contribution < -0.4 is 0 Å². The summed E-state index contributed by atoms with van der Waals surface area (Å²) >= 11 is 0. The summed E-state index contributed by atoms with van der Waals surface area (Å²) in [6, 6.07) is 0. The Balaban J connectivity index is 2.86. The smallest absolute Gasteiger partial charge is 0.414 e. The maximum Gasteiger partial charge on any atom is 0.414 e. The number of hydrogen-bond donors (Lipinski definition) is 0. The third-order valence-electron chi connectivity index (χ3n) is 1.77. The van der Waals surface area contributed by atoms with E-state index in [-0.39, 0.29) is 6.09 Å². The van der Waals surface area contributed by atoms with Crippen molar-refractivity contribution in [2.45, 2.75) is 20.8 Å². The number of hydrogen-bond acceptors (Lipinski definition) is 2. The lowest BCUT2D eigenvalue weighted by Gasteiger charge is -2.12. The minimum absolute atomic E-state index is 0.219. The van der Waals surface area contributed by atoms with E-state index in [0.29, 0.717) is 13.2 Å². The van der Waals surface area contributed by atoms with E-state index >= 15 is 0 Å². The molecule has 62 valence electrons. The zero-order valence-electron chi connectivity index (χ0n) is 7.18. The van der Waals surface area contributed by atoms with Gasteiger partial charge in [0.2, 0.25) is 0 Å². The highest BCUT2D eigenvalue weighted by Gasteiger charge is 2.26. The summed E-state index contributed by atoms with van der Waals surface area (Å²) in [6.45, 7) is 7.05. The first-order valence-corrected chi connectivity index (χ1v) is 3.77. The van der Waals surface area contributed by atoms with Crippen molar-refractivity contribution < 1.29 is 9.53 Å². The molecule has 0 aromatic heterocycles. The first-order chi connectivity index (χ1) is 5.16. The summed E-state index contributed by atoms with van der Waals surface area (Å²) in [5.74, 6) is 0. The number of allylic oxidation sites excluding steroid dienone is 1. The molecule has 1 heterocycles. The SMILES string of the molecule is CCN1C(=O)OCC1=C(C)C. The molecule has 1 fully saturated rings. The molecule has 0 N–H and O–H groups in total. The fourth-order valence-electron chi connectivity index (χ4n) is 1.13. The summed E-state index contributed by atoms with van der Waals surface area (Å²) < 4.78 is 4.86. The lowest BCUT2D eigenvalue weighted by Crippen LogP contribution is -2.22. The molecule has 0 unspecified atom stereocenters. The van der Waals surface area contributed by atoms with Crippen LogP contribution in [0.2, 0.25) is 0 Å². The van der Waals surface area contributed by atoms with E-state index in [1.807, 2.05) is 20.8 Å². The molecule has 0 bridgehead atoms. The van der Waals surface area contributed by atoms with Gasteiger partial charge in [-0.15, -0.1) is 0 Å². The predicted octanol–water partition coefficient (Wildman–Crippen LogP) is 1.75. The third-order valence-corrected chi connectivity index (χ3v) is 1.77. The van der Waals surface area contributed by atoms with Crippen molar-refractivity contribution in [3.05, 3.63) is 11.3 Å². The fourth-order valence-corrected chi connectivity index (χ4v) is 1.13. The molecule has 1 aliphatic heterocycles. The van der Waals surface area contributed by atoms with Crippen LogP contribution in [0.5, 0.6) is 0 Å². The van der Waals surface area contributed by atoms with Crippen molar-refractivity contribution in [2.24, 2.45) is 0 Å². The Labute approximate surface area is 66.6 Å². The van der Waals surface area contributed by atoms with Gasteiger partial charge in [-0.2, -0.15) is 0 Å². The van der Waals surface area contributed by atoms with Gasteiger partial charge in [0, 0.05) is 6.54 Å². The Morgan fingerprint density at radius 2 is 2.27 bits per heavy atom. The molecule has 3 nitrogen and oxygen atoms in total. The highest BCUT2D eigenvalue weighted by Crippen LogP contribution is 2.18. The minimum atomic E-state index is -0.219. The standard InChI is InChI=1S/C8H13NO2/c1-4-9-7(6(2)3)5-11-8(9)10/h4-5H2,1-3H3. The molecule has 0 aromatic rings. The molecule has 0 radical (unpaired) electrons. The van der Waals surface area contributed by atoms with Crippen LogP contribution in [-0.4, -0.2) is 24.1 Å². The van der Waals surface area contributed by atoms with Crippen molar-refractivity contribution in [3.63, 3.8) is 0 Å². The lowest BCUT2D eigenvalue weighted by atomic mass is 10.2. The summed E-state index contributed by atoms with van der Waals surface area (Å²) in [5.41, 5.74) is 2.16. The molecule has 0 aliphatic carbocycles. The van der Waals surface area contributed by atoms with E-state index in [4.69, 9.17) is 4.74 Å². The third kappa shape index (κ3) is 1.37. The van der Waals surface area contributed by atoms with Gasteiger partial charge in [-0.25, -0.2) is 4.79 Å². The Kier molecular flexibility index (Phi) is 2.17. The molecule has 1 saturated heterocycles. The molecule has 1 amide bonds. The molecule has 0 atom stereocenters. The minimum Gasteiger partial charge on any atom is -0.443 e. The highest BCUT2D eigenvalue weighted by atomic mass is 16.6. The molecule has 0 spiro atoms. The van der Waals surface area contributed by atoms with Crippen LogP contribution in [0.1, 0.15) is 20.8 Å². The van der Waals surface area contributed by atoms with E-state index in [9.17, 15) is 4.79 Å². The summed E-state index contributed by atoms with van der Waals surface area (Å²) in [4.78, 5) is 12.7. The monoisotopic (exact) mass is 155 g/mol. The van der Waals surface area contributed by atoms with Gasteiger partial charge < -0.3 is 4.74 Å². The molecule has 0 saturated carbocycles. The van der Waals surface area contributed by atoms with Gasteiger partial charge in [0.05, 0.1) is 5.70 Å². The molecule has 1 rings (SSSR count). The van der Waals surface area contributed by atoms with E-state index < -0.39 is 0 Å². The average molecular weight is 155 g/mol. The van der Waals surface area contributed by atoms with E-state index in [0.717, 1.165) is 11.3 Å². The number of likely N-dealkylation sites (N-methyl/N-ethyl adjacent to an activating group) is 1. The number of carbonyl (C=O) groups is 1. The number of rotatable bonds is 1. The topological polar surface area (TPSA) is 29.5 Å². The van der Waals surface area contributed by atoms with Crippen molar-refractivity contribution in [3.8, 4) is 0 Å². The number of amides is 1. The Morgan fingerprint density at radius 3 is 2.64 bits per heavy atom. The number of nitrogens with zero attached hydrogens (tertiary/aromatic N) is 1. The number of ether oxygens (including phenoxy) is 1. The van der Waals surface area contributed by atoms with Gasteiger partial charge >= 0.3 is 6.09 Å². The average Bonchev–Trinajstić information content (AvgIpc) is 2.30. The maximum atomic E-state index is 11.0. The fraction of sp³-hybridized carbons (Fsp3) is 0.625. The quantitative estimate of drug-likeness (QED) is 0.577. The van der Waals surface area contributed by atoms with Gasteiger partial charge in [-0.05, 0) is 20.8 Å². The van der Waals surface area contributed by atoms with Crippen LogP contribution in [-0.2, 0) is 4.74 Å². The van der Waals surface area contributed by atoms with E-state index in [1.54, 1.807) is 4.90 Å². The van der Waals surface area contributed by atoms with E-state index in [1.165, 1.54) is 0 Å². The highest BCUT2D eigenvalue weighted by molar-refractivity contribution is 5.73. The first kappa shape index (κ1) is 8.11. The van der Waals surface area contributed by atoms with Gasteiger partial charge in [0.15, 0.2) is 0 Å². The largest absolute Gasteiger partial charge is 0.443 e. The lowest BCUT2D eigenvalue weighted by molar-refractivity contribution is 0.160. The van der Waals surface area contributed by atoms with Crippen LogP contribution >= 0.6 is 0 Å². The molecule has 1 aliphatic rings. The van der Waals surface area contributed by atoms with E-state index in [2.05, 4.69) is 0 Å². The zero-order chi connectivity index (χ0) is 8.43. The second-order valence-electron chi connectivity index (χ2n) is 2.75. The van der Waals surface area contributed by atoms with Gasteiger partial charge in [-0.3, -0.25) is 4.90 Å².